The Labute approximate surface area is 132 Å². The summed E-state index contributed by atoms with van der Waals surface area (Å²) in [7, 11) is -1.37. The Kier molecular flexibility index (Phi) is 9.07. The monoisotopic (exact) mass is 345 g/mol. The summed E-state index contributed by atoms with van der Waals surface area (Å²) in [4.78, 5) is 10.4. The minimum atomic E-state index is -5.11. The Morgan fingerprint density at radius 1 is 1.39 bits per heavy atom. The smallest absolute Gasteiger partial charge is 0.426 e. The molecule has 0 aromatic rings. The summed E-state index contributed by atoms with van der Waals surface area (Å²) in [6.45, 7) is 4.05. The Bertz CT molecular complexity index is 361. The molecule has 1 saturated heterocycles. The number of ether oxygens (including phenoxy) is 2. The van der Waals surface area contributed by atoms with Crippen molar-refractivity contribution < 1.29 is 42.6 Å². The summed E-state index contributed by atoms with van der Waals surface area (Å²) >= 11 is 0. The van der Waals surface area contributed by atoms with Gasteiger partial charge in [-0.3, -0.25) is 0 Å². The van der Waals surface area contributed by atoms with Crippen LogP contribution in [0.3, 0.4) is 0 Å². The lowest BCUT2D eigenvalue weighted by molar-refractivity contribution is -0.364. The second kappa shape index (κ2) is 9.43. The molecule has 1 fully saturated rings. The van der Waals surface area contributed by atoms with E-state index in [1.165, 1.54) is 0 Å². The van der Waals surface area contributed by atoms with Gasteiger partial charge in [0.05, 0.1) is 6.61 Å². The molecule has 0 amide bonds. The zero-order valence-electron chi connectivity index (χ0n) is 13.0. The van der Waals surface area contributed by atoms with Crippen molar-refractivity contribution in [2.75, 3.05) is 6.61 Å². The Hall–Kier alpha value is -0.875. The van der Waals surface area contributed by atoms with E-state index in [1.807, 2.05) is 13.8 Å². The van der Waals surface area contributed by atoms with E-state index in [1.54, 1.807) is 0 Å². The van der Waals surface area contributed by atoms with Crippen molar-refractivity contribution in [2.45, 2.75) is 57.6 Å². The summed E-state index contributed by atoms with van der Waals surface area (Å²) in [5.74, 6) is -4.93. The van der Waals surface area contributed by atoms with E-state index in [0.29, 0.717) is 25.2 Å². The maximum Gasteiger partial charge on any atom is 0.491 e. The van der Waals surface area contributed by atoms with Crippen molar-refractivity contribution in [1.82, 2.24) is 0 Å². The molecule has 0 spiro atoms. The number of alkyl halides is 3. The van der Waals surface area contributed by atoms with Gasteiger partial charge >= 0.3 is 25.2 Å². The molecule has 0 aromatic heterocycles. The summed E-state index contributed by atoms with van der Waals surface area (Å²) in [6.07, 6.45) is -3.55. The Morgan fingerprint density at radius 3 is 2.26 bits per heavy atom. The molecule has 1 aliphatic rings. The van der Waals surface area contributed by atoms with Crippen LogP contribution < -0.4 is 5.73 Å². The fraction of sp³-hybridized carbons (Fsp3) is 0.917. The highest BCUT2D eigenvalue weighted by atomic mass is 19.4. The van der Waals surface area contributed by atoms with Crippen molar-refractivity contribution >= 4 is 13.1 Å². The van der Waals surface area contributed by atoms with Crippen LogP contribution in [0.5, 0.6) is 0 Å². The van der Waals surface area contributed by atoms with Gasteiger partial charge in [0.1, 0.15) is 0 Å². The van der Waals surface area contributed by atoms with E-state index in [4.69, 9.17) is 15.8 Å². The highest BCUT2D eigenvalue weighted by Crippen LogP contribution is 2.27. The Morgan fingerprint density at radius 2 is 1.96 bits per heavy atom. The van der Waals surface area contributed by atoms with Crippen LogP contribution in [0.15, 0.2) is 0 Å². The lowest BCUT2D eigenvalue weighted by Crippen LogP contribution is -2.44. The third kappa shape index (κ3) is 9.77. The van der Waals surface area contributed by atoms with Gasteiger partial charge in [0.2, 0.25) is 0 Å². The van der Waals surface area contributed by atoms with Crippen LogP contribution in [-0.2, 0) is 14.3 Å². The van der Waals surface area contributed by atoms with Crippen molar-refractivity contribution in [1.29, 1.82) is 0 Å². The first-order valence-electron chi connectivity index (χ1n) is 7.15. The van der Waals surface area contributed by atoms with Crippen LogP contribution >= 0.6 is 0 Å². The molecule has 0 bridgehead atoms. The summed E-state index contributed by atoms with van der Waals surface area (Å²) in [6, 6.07) is 0. The van der Waals surface area contributed by atoms with E-state index in [-0.39, 0.29) is 13.0 Å². The summed E-state index contributed by atoms with van der Waals surface area (Å²) in [5.41, 5.74) is 5.32. The van der Waals surface area contributed by atoms with E-state index < -0.39 is 31.2 Å². The molecule has 1 unspecified atom stereocenters. The number of carbonyl (C=O) groups excluding carboxylic acids is 1. The van der Waals surface area contributed by atoms with Crippen LogP contribution in [0.2, 0.25) is 0 Å². The topological polar surface area (TPSA) is 122 Å². The highest BCUT2D eigenvalue weighted by Gasteiger charge is 2.47. The molecule has 23 heavy (non-hydrogen) atoms. The second-order valence-electron chi connectivity index (χ2n) is 5.61. The van der Waals surface area contributed by atoms with Crippen molar-refractivity contribution in [3.8, 4) is 0 Å². The van der Waals surface area contributed by atoms with Gasteiger partial charge in [-0.2, -0.15) is 13.2 Å². The number of carbonyl (C=O) groups is 1. The van der Waals surface area contributed by atoms with Crippen molar-refractivity contribution in [2.24, 2.45) is 11.7 Å². The van der Waals surface area contributed by atoms with Gasteiger partial charge in [0, 0.05) is 12.4 Å². The first-order valence-corrected chi connectivity index (χ1v) is 7.15. The maximum atomic E-state index is 11.7. The number of halogens is 3. The van der Waals surface area contributed by atoms with Gasteiger partial charge < -0.3 is 30.4 Å². The van der Waals surface area contributed by atoms with E-state index >= 15 is 0 Å². The van der Waals surface area contributed by atoms with E-state index in [2.05, 4.69) is 9.47 Å². The predicted molar refractivity (Wildman–Crippen MR) is 74.5 cm³/mol. The third-order valence-electron chi connectivity index (χ3n) is 2.82. The number of hydrogen-bond acceptors (Lipinski definition) is 7. The molecule has 1 heterocycles. The normalized spacial score (nSPS) is 22.9. The average molecular weight is 345 g/mol. The molecule has 5 N–H and O–H groups in total. The third-order valence-corrected chi connectivity index (χ3v) is 2.82. The minimum Gasteiger partial charge on any atom is -0.426 e. The molecule has 0 aromatic carbocycles. The molecule has 0 aliphatic carbocycles. The molecule has 0 saturated carbocycles. The number of aliphatic hydroxyl groups is 1. The standard InChI is InChI=1S/C7H9F3O4.C5H14BNO2/c8-7(9,10)5(11)14-6(12)3-1-2-4-13-6;1-4(2)3-5(7)6(8)9/h12H,1-4H2;4-5,8-9H,3,7H2,1-2H3/t;5-/m.0/s1. The zero-order chi connectivity index (χ0) is 18.3. The SMILES string of the molecule is CC(C)C[C@H](N)B(O)O.O=C(OC1(O)CCCCO1)C(F)(F)F. The zero-order valence-corrected chi connectivity index (χ0v) is 13.0. The lowest BCUT2D eigenvalue weighted by Gasteiger charge is -2.30. The number of nitrogens with two attached hydrogens (primary N) is 1. The number of rotatable bonds is 4. The number of hydrogen-bond donors (Lipinski definition) is 4. The fourth-order valence-electron chi connectivity index (χ4n) is 1.70. The van der Waals surface area contributed by atoms with E-state index in [9.17, 15) is 23.1 Å². The molecule has 1 aliphatic heterocycles. The highest BCUT2D eigenvalue weighted by molar-refractivity contribution is 6.43. The molecule has 0 radical (unpaired) electrons. The van der Waals surface area contributed by atoms with Gasteiger partial charge in [-0.05, 0) is 25.2 Å². The van der Waals surface area contributed by atoms with Gasteiger partial charge in [-0.25, -0.2) is 4.79 Å². The molecular formula is C12H23BF3NO6. The van der Waals surface area contributed by atoms with Crippen LogP contribution in [0, 0.1) is 5.92 Å². The second-order valence-corrected chi connectivity index (χ2v) is 5.61. The fourth-order valence-corrected chi connectivity index (χ4v) is 1.70. The molecule has 7 nitrogen and oxygen atoms in total. The van der Waals surface area contributed by atoms with Crippen molar-refractivity contribution in [3.05, 3.63) is 0 Å². The average Bonchev–Trinajstić information content (AvgIpc) is 2.37. The van der Waals surface area contributed by atoms with Crippen LogP contribution in [-0.4, -0.2) is 52.9 Å². The van der Waals surface area contributed by atoms with Gasteiger partial charge in [0.15, 0.2) is 0 Å². The minimum absolute atomic E-state index is 0.0711. The van der Waals surface area contributed by atoms with Gasteiger partial charge in [-0.1, -0.05) is 13.8 Å². The summed E-state index contributed by atoms with van der Waals surface area (Å²) in [5, 5.41) is 26.2. The maximum absolute atomic E-state index is 11.7. The Balaban J connectivity index is 0.000000468. The number of esters is 1. The van der Waals surface area contributed by atoms with Crippen LogP contribution in [0.25, 0.3) is 0 Å². The van der Waals surface area contributed by atoms with E-state index in [0.717, 1.165) is 0 Å². The molecule has 11 heteroatoms. The quantitative estimate of drug-likeness (QED) is 0.329. The van der Waals surface area contributed by atoms with Crippen molar-refractivity contribution in [3.63, 3.8) is 0 Å². The summed E-state index contributed by atoms with van der Waals surface area (Å²) < 4.78 is 43.6. The lowest BCUT2D eigenvalue weighted by atomic mass is 9.76. The largest absolute Gasteiger partial charge is 0.491 e. The molecule has 136 valence electrons. The predicted octanol–water partition coefficient (Wildman–Crippen LogP) is 0.310. The van der Waals surface area contributed by atoms with Gasteiger partial charge in [0.25, 0.3) is 0 Å². The first-order chi connectivity index (χ1) is 10.4. The van der Waals surface area contributed by atoms with Gasteiger partial charge in [-0.15, -0.1) is 0 Å². The van der Waals surface area contributed by atoms with Crippen LogP contribution in [0.4, 0.5) is 13.2 Å². The van der Waals surface area contributed by atoms with Crippen LogP contribution in [0.1, 0.15) is 39.5 Å². The molecule has 1 rings (SSSR count). The first kappa shape index (κ1) is 22.1. The molecular weight excluding hydrogens is 322 g/mol. The molecule has 2 atom stereocenters.